The van der Waals surface area contributed by atoms with Crippen LogP contribution in [0.2, 0.25) is 0 Å². The zero-order chi connectivity index (χ0) is 12.1. The van der Waals surface area contributed by atoms with Crippen LogP contribution in [0.15, 0.2) is 18.5 Å². The first kappa shape index (κ1) is 12.0. The summed E-state index contributed by atoms with van der Waals surface area (Å²) in [5.41, 5.74) is 1.85. The van der Waals surface area contributed by atoms with Crippen molar-refractivity contribution in [2.75, 3.05) is 11.9 Å². The first-order valence-corrected chi connectivity index (χ1v) is 6.22. The molecule has 1 fully saturated rings. The second-order valence-electron chi connectivity index (χ2n) is 4.54. The van der Waals surface area contributed by atoms with Gasteiger partial charge in [-0.3, -0.25) is 9.78 Å². The lowest BCUT2D eigenvalue weighted by atomic mass is 10.1. The largest absolute Gasteiger partial charge is 0.323 e. The van der Waals surface area contributed by atoms with Crippen LogP contribution in [-0.4, -0.2) is 23.5 Å². The van der Waals surface area contributed by atoms with Crippen molar-refractivity contribution >= 4 is 11.6 Å². The van der Waals surface area contributed by atoms with Gasteiger partial charge in [0.15, 0.2) is 0 Å². The van der Waals surface area contributed by atoms with Crippen molar-refractivity contribution in [2.45, 2.75) is 38.6 Å². The van der Waals surface area contributed by atoms with E-state index in [0.717, 1.165) is 37.1 Å². The number of hydrogen-bond donors (Lipinski definition) is 2. The van der Waals surface area contributed by atoms with E-state index in [-0.39, 0.29) is 11.9 Å². The average Bonchev–Trinajstić information content (AvgIpc) is 2.61. The minimum Gasteiger partial charge on any atom is -0.323 e. The monoisotopic (exact) mass is 233 g/mol. The van der Waals surface area contributed by atoms with Gasteiger partial charge in [0.05, 0.1) is 17.9 Å². The van der Waals surface area contributed by atoms with Gasteiger partial charge in [-0.15, -0.1) is 0 Å². The van der Waals surface area contributed by atoms with Crippen LogP contribution >= 0.6 is 0 Å². The van der Waals surface area contributed by atoms with Gasteiger partial charge >= 0.3 is 0 Å². The quantitative estimate of drug-likeness (QED) is 0.819. The molecule has 4 nitrogen and oxygen atoms in total. The van der Waals surface area contributed by atoms with Gasteiger partial charge in [-0.25, -0.2) is 0 Å². The topological polar surface area (TPSA) is 54.0 Å². The van der Waals surface area contributed by atoms with Crippen molar-refractivity contribution < 1.29 is 4.79 Å². The second-order valence-corrected chi connectivity index (χ2v) is 4.54. The minimum atomic E-state index is -0.0582. The van der Waals surface area contributed by atoms with E-state index < -0.39 is 0 Å². The molecule has 1 aliphatic heterocycles. The number of nitrogens with one attached hydrogen (secondary N) is 2. The predicted octanol–water partition coefficient (Wildman–Crippen LogP) is 1.86. The normalized spacial score (nSPS) is 20.6. The highest BCUT2D eigenvalue weighted by Crippen LogP contribution is 2.14. The van der Waals surface area contributed by atoms with Gasteiger partial charge < -0.3 is 10.6 Å². The zero-order valence-electron chi connectivity index (χ0n) is 10.2. The molecule has 1 aromatic rings. The Morgan fingerprint density at radius 3 is 3.18 bits per heavy atom. The van der Waals surface area contributed by atoms with E-state index in [1.54, 1.807) is 12.4 Å². The molecule has 1 atom stereocenters. The van der Waals surface area contributed by atoms with E-state index >= 15 is 0 Å². The molecule has 2 heterocycles. The fraction of sp³-hybridized carbons (Fsp3) is 0.538. The van der Waals surface area contributed by atoms with Crippen LogP contribution in [0.1, 0.15) is 31.2 Å². The molecule has 1 amide bonds. The van der Waals surface area contributed by atoms with Crippen molar-refractivity contribution in [2.24, 2.45) is 0 Å². The first-order chi connectivity index (χ1) is 8.27. The highest BCUT2D eigenvalue weighted by molar-refractivity contribution is 5.95. The summed E-state index contributed by atoms with van der Waals surface area (Å²) in [5, 5.41) is 6.23. The highest BCUT2D eigenvalue weighted by Gasteiger charge is 2.19. The van der Waals surface area contributed by atoms with E-state index in [1.807, 2.05) is 13.0 Å². The van der Waals surface area contributed by atoms with Gasteiger partial charge in [0, 0.05) is 6.20 Å². The Kier molecular flexibility index (Phi) is 4.09. The summed E-state index contributed by atoms with van der Waals surface area (Å²) in [6.07, 6.45) is 7.85. The number of pyridine rings is 1. The van der Waals surface area contributed by atoms with Crippen molar-refractivity contribution in [3.8, 4) is 0 Å². The summed E-state index contributed by atoms with van der Waals surface area (Å²) in [4.78, 5) is 16.1. The smallest absolute Gasteiger partial charge is 0.241 e. The Hall–Kier alpha value is -1.42. The second kappa shape index (κ2) is 5.77. The molecule has 17 heavy (non-hydrogen) atoms. The number of carbonyl (C=O) groups excluding carboxylic acids is 1. The Labute approximate surface area is 102 Å². The van der Waals surface area contributed by atoms with Crippen LogP contribution in [-0.2, 0) is 4.79 Å². The predicted molar refractivity (Wildman–Crippen MR) is 67.9 cm³/mol. The minimum absolute atomic E-state index is 0.0582. The Balaban J connectivity index is 1.98. The Bertz CT molecular complexity index is 384. The maximum Gasteiger partial charge on any atom is 0.241 e. The van der Waals surface area contributed by atoms with Gasteiger partial charge in [0.25, 0.3) is 0 Å². The summed E-state index contributed by atoms with van der Waals surface area (Å²) >= 11 is 0. The number of aromatic nitrogens is 1. The summed E-state index contributed by atoms with van der Waals surface area (Å²) in [6.45, 7) is 2.90. The lowest BCUT2D eigenvalue weighted by Crippen LogP contribution is -2.40. The van der Waals surface area contributed by atoms with Crippen LogP contribution in [0.4, 0.5) is 5.69 Å². The first-order valence-electron chi connectivity index (χ1n) is 6.22. The summed E-state index contributed by atoms with van der Waals surface area (Å²) < 4.78 is 0. The van der Waals surface area contributed by atoms with Gasteiger partial charge in [-0.05, 0) is 37.9 Å². The number of rotatable bonds is 2. The molecule has 2 rings (SSSR count). The standard InChI is InChI=1S/C13H19N3O/c1-10-6-8-14-9-12(10)16-13(17)11-5-3-2-4-7-15-11/h6,8-9,11,15H,2-5,7H2,1H3,(H,16,17). The van der Waals surface area contributed by atoms with Crippen LogP contribution in [0.3, 0.4) is 0 Å². The number of nitrogens with zero attached hydrogens (tertiary/aromatic N) is 1. The summed E-state index contributed by atoms with van der Waals surface area (Å²) in [7, 11) is 0. The molecule has 0 aliphatic carbocycles. The summed E-state index contributed by atoms with van der Waals surface area (Å²) in [6, 6.07) is 1.84. The number of aryl methyl sites for hydroxylation is 1. The van der Waals surface area contributed by atoms with Gasteiger partial charge in [-0.2, -0.15) is 0 Å². The molecule has 92 valence electrons. The number of hydrogen-bond acceptors (Lipinski definition) is 3. The van der Waals surface area contributed by atoms with Crippen LogP contribution in [0, 0.1) is 6.92 Å². The van der Waals surface area contributed by atoms with Crippen molar-refractivity contribution in [1.29, 1.82) is 0 Å². The van der Waals surface area contributed by atoms with Crippen LogP contribution in [0.25, 0.3) is 0 Å². The van der Waals surface area contributed by atoms with Crippen molar-refractivity contribution in [1.82, 2.24) is 10.3 Å². The average molecular weight is 233 g/mol. The van der Waals surface area contributed by atoms with Crippen LogP contribution in [0.5, 0.6) is 0 Å². The molecule has 1 aromatic heterocycles. The molecule has 0 radical (unpaired) electrons. The summed E-state index contributed by atoms with van der Waals surface area (Å²) in [5.74, 6) is 0.0583. The van der Waals surface area contributed by atoms with E-state index in [9.17, 15) is 4.79 Å². The molecule has 1 aliphatic rings. The van der Waals surface area contributed by atoms with E-state index in [1.165, 1.54) is 6.42 Å². The molecule has 4 heteroatoms. The van der Waals surface area contributed by atoms with Gasteiger partial charge in [-0.1, -0.05) is 12.8 Å². The lowest BCUT2D eigenvalue weighted by Gasteiger charge is -2.16. The molecular weight excluding hydrogens is 214 g/mol. The maximum absolute atomic E-state index is 12.1. The van der Waals surface area contributed by atoms with Gasteiger partial charge in [0.2, 0.25) is 5.91 Å². The van der Waals surface area contributed by atoms with Crippen molar-refractivity contribution in [3.05, 3.63) is 24.0 Å². The Morgan fingerprint density at radius 2 is 2.35 bits per heavy atom. The molecule has 0 saturated carbocycles. The van der Waals surface area contributed by atoms with E-state index in [2.05, 4.69) is 15.6 Å². The van der Waals surface area contributed by atoms with E-state index in [0.29, 0.717) is 0 Å². The molecule has 1 saturated heterocycles. The molecule has 0 spiro atoms. The molecular formula is C13H19N3O. The molecule has 1 unspecified atom stereocenters. The van der Waals surface area contributed by atoms with Crippen molar-refractivity contribution in [3.63, 3.8) is 0 Å². The zero-order valence-corrected chi connectivity index (χ0v) is 10.2. The molecule has 0 bridgehead atoms. The maximum atomic E-state index is 12.1. The fourth-order valence-electron chi connectivity index (χ4n) is 2.07. The third-order valence-electron chi connectivity index (χ3n) is 3.17. The highest BCUT2D eigenvalue weighted by atomic mass is 16.2. The number of anilines is 1. The lowest BCUT2D eigenvalue weighted by molar-refractivity contribution is -0.118. The van der Waals surface area contributed by atoms with E-state index in [4.69, 9.17) is 0 Å². The number of amides is 1. The van der Waals surface area contributed by atoms with Crippen LogP contribution < -0.4 is 10.6 Å². The third-order valence-corrected chi connectivity index (χ3v) is 3.17. The molecule has 2 N–H and O–H groups in total. The number of carbonyl (C=O) groups is 1. The molecule has 0 aromatic carbocycles. The fourth-order valence-corrected chi connectivity index (χ4v) is 2.07. The SMILES string of the molecule is Cc1ccncc1NC(=O)C1CCCCCN1. The third kappa shape index (κ3) is 3.27. The Morgan fingerprint density at radius 1 is 1.47 bits per heavy atom. The van der Waals surface area contributed by atoms with Gasteiger partial charge in [0.1, 0.15) is 0 Å².